The number of esters is 2. The van der Waals surface area contributed by atoms with Crippen LogP contribution in [-0.4, -0.2) is 25.2 Å². The fourth-order valence-corrected chi connectivity index (χ4v) is 2.43. The lowest BCUT2D eigenvalue weighted by atomic mass is 9.97. The molecule has 0 bridgehead atoms. The number of carbonyl (C=O) groups is 2. The highest BCUT2D eigenvalue weighted by Crippen LogP contribution is 2.23. The minimum Gasteiger partial charge on any atom is -0.463 e. The highest BCUT2D eigenvalue weighted by atomic mass is 16.5. The molecule has 0 saturated heterocycles. The first kappa shape index (κ1) is 19.9. The van der Waals surface area contributed by atoms with Gasteiger partial charge in [-0.25, -0.2) is 9.59 Å². The molecule has 0 aliphatic rings. The van der Waals surface area contributed by atoms with Crippen molar-refractivity contribution in [2.24, 2.45) is 0 Å². The Morgan fingerprint density at radius 2 is 1.67 bits per heavy atom. The summed E-state index contributed by atoms with van der Waals surface area (Å²) >= 11 is 0. The zero-order valence-corrected chi connectivity index (χ0v) is 15.0. The van der Waals surface area contributed by atoms with Crippen molar-refractivity contribution < 1.29 is 19.1 Å². The molecule has 0 heterocycles. The predicted octanol–water partition coefficient (Wildman–Crippen LogP) is 4.78. The Balaban J connectivity index is 2.98. The van der Waals surface area contributed by atoms with Gasteiger partial charge in [0.25, 0.3) is 0 Å². The van der Waals surface area contributed by atoms with E-state index in [1.807, 2.05) is 12.1 Å². The predicted molar refractivity (Wildman–Crippen MR) is 95.8 cm³/mol. The van der Waals surface area contributed by atoms with Gasteiger partial charge >= 0.3 is 11.9 Å². The standard InChI is InChI=1S/C20H28O4/c1-4-7-8-9-11-17(15-19(21)23-5-2)16-12-10-13-18(14-16)20(22)24-6-3/h10,12-15H,4-9,11H2,1-3H3/b17-15+. The second-order valence-corrected chi connectivity index (χ2v) is 5.53. The van der Waals surface area contributed by atoms with Crippen LogP contribution in [0.15, 0.2) is 30.3 Å². The van der Waals surface area contributed by atoms with Crippen molar-refractivity contribution in [2.45, 2.75) is 52.9 Å². The van der Waals surface area contributed by atoms with E-state index in [0.717, 1.165) is 36.8 Å². The Morgan fingerprint density at radius 3 is 2.33 bits per heavy atom. The molecule has 132 valence electrons. The van der Waals surface area contributed by atoms with Crippen LogP contribution in [-0.2, 0) is 14.3 Å². The Bertz CT molecular complexity index is 561. The highest BCUT2D eigenvalue weighted by Gasteiger charge is 2.11. The minimum absolute atomic E-state index is 0.339. The van der Waals surface area contributed by atoms with Crippen LogP contribution in [0.5, 0.6) is 0 Å². The molecule has 1 aromatic carbocycles. The van der Waals surface area contributed by atoms with Crippen LogP contribution < -0.4 is 0 Å². The largest absolute Gasteiger partial charge is 0.463 e. The fourth-order valence-electron chi connectivity index (χ4n) is 2.43. The molecular formula is C20H28O4. The molecule has 0 spiro atoms. The van der Waals surface area contributed by atoms with E-state index >= 15 is 0 Å². The monoisotopic (exact) mass is 332 g/mol. The number of hydrogen-bond donors (Lipinski definition) is 0. The summed E-state index contributed by atoms with van der Waals surface area (Å²) in [5.41, 5.74) is 2.26. The van der Waals surface area contributed by atoms with Crippen LogP contribution in [0.4, 0.5) is 0 Å². The van der Waals surface area contributed by atoms with Crippen LogP contribution >= 0.6 is 0 Å². The number of allylic oxidation sites excluding steroid dienone is 1. The lowest BCUT2D eigenvalue weighted by Gasteiger charge is -2.10. The van der Waals surface area contributed by atoms with Crippen LogP contribution in [0.3, 0.4) is 0 Å². The van der Waals surface area contributed by atoms with Crippen LogP contribution in [0.25, 0.3) is 5.57 Å². The molecule has 1 rings (SSSR count). The summed E-state index contributed by atoms with van der Waals surface area (Å²) in [6.07, 6.45) is 6.78. The molecule has 0 radical (unpaired) electrons. The second-order valence-electron chi connectivity index (χ2n) is 5.53. The summed E-state index contributed by atoms with van der Waals surface area (Å²) < 4.78 is 10.1. The maximum Gasteiger partial charge on any atom is 0.338 e. The van der Waals surface area contributed by atoms with Crippen molar-refractivity contribution >= 4 is 17.5 Å². The van der Waals surface area contributed by atoms with E-state index in [4.69, 9.17) is 9.47 Å². The summed E-state index contributed by atoms with van der Waals surface area (Å²) in [6, 6.07) is 7.23. The molecule has 0 atom stereocenters. The normalized spacial score (nSPS) is 11.2. The van der Waals surface area contributed by atoms with E-state index in [-0.39, 0.29) is 11.9 Å². The average Bonchev–Trinajstić information content (AvgIpc) is 2.58. The van der Waals surface area contributed by atoms with Crippen molar-refractivity contribution in [3.05, 3.63) is 41.5 Å². The number of benzene rings is 1. The van der Waals surface area contributed by atoms with Gasteiger partial charge in [-0.15, -0.1) is 0 Å². The minimum atomic E-state index is -0.346. The molecule has 1 aromatic rings. The number of ether oxygens (including phenoxy) is 2. The summed E-state index contributed by atoms with van der Waals surface area (Å²) in [5, 5.41) is 0. The molecule has 24 heavy (non-hydrogen) atoms. The summed E-state index contributed by atoms with van der Waals surface area (Å²) in [6.45, 7) is 6.42. The molecule has 0 unspecified atom stereocenters. The zero-order valence-electron chi connectivity index (χ0n) is 15.0. The highest BCUT2D eigenvalue weighted by molar-refractivity contribution is 5.94. The third kappa shape index (κ3) is 6.99. The third-order valence-electron chi connectivity index (χ3n) is 3.62. The molecule has 0 fully saturated rings. The number of hydrogen-bond acceptors (Lipinski definition) is 4. The quantitative estimate of drug-likeness (QED) is 0.351. The second kappa shape index (κ2) is 11.4. The van der Waals surface area contributed by atoms with Gasteiger partial charge in [-0.1, -0.05) is 38.3 Å². The number of rotatable bonds is 10. The van der Waals surface area contributed by atoms with E-state index < -0.39 is 0 Å². The topological polar surface area (TPSA) is 52.6 Å². The van der Waals surface area contributed by atoms with Gasteiger partial charge in [0.05, 0.1) is 18.8 Å². The van der Waals surface area contributed by atoms with E-state index in [1.54, 1.807) is 32.1 Å². The van der Waals surface area contributed by atoms with E-state index in [0.29, 0.717) is 18.8 Å². The molecule has 0 amide bonds. The first-order chi connectivity index (χ1) is 11.6. The third-order valence-corrected chi connectivity index (χ3v) is 3.62. The van der Waals surface area contributed by atoms with Crippen molar-refractivity contribution in [3.8, 4) is 0 Å². The molecule has 0 N–H and O–H groups in total. The van der Waals surface area contributed by atoms with Crippen LogP contribution in [0, 0.1) is 0 Å². The van der Waals surface area contributed by atoms with Gasteiger partial charge in [0.15, 0.2) is 0 Å². The van der Waals surface area contributed by atoms with Gasteiger partial charge in [-0.05, 0) is 50.0 Å². The number of carbonyl (C=O) groups excluding carboxylic acids is 2. The average molecular weight is 332 g/mol. The summed E-state index contributed by atoms with van der Waals surface area (Å²) in [5.74, 6) is -0.689. The van der Waals surface area contributed by atoms with Crippen molar-refractivity contribution in [1.29, 1.82) is 0 Å². The molecule has 0 aromatic heterocycles. The van der Waals surface area contributed by atoms with Crippen molar-refractivity contribution in [2.75, 3.05) is 13.2 Å². The van der Waals surface area contributed by atoms with Gasteiger partial charge < -0.3 is 9.47 Å². The molecule has 4 heteroatoms. The molecule has 0 aliphatic carbocycles. The maximum atomic E-state index is 11.9. The fraction of sp³-hybridized carbons (Fsp3) is 0.500. The Labute approximate surface area is 144 Å². The van der Waals surface area contributed by atoms with Gasteiger partial charge in [-0.3, -0.25) is 0 Å². The molecule has 0 saturated carbocycles. The van der Waals surface area contributed by atoms with Crippen molar-refractivity contribution in [1.82, 2.24) is 0 Å². The van der Waals surface area contributed by atoms with E-state index in [1.165, 1.54) is 6.42 Å². The smallest absolute Gasteiger partial charge is 0.338 e. The number of unbranched alkanes of at least 4 members (excludes halogenated alkanes) is 3. The van der Waals surface area contributed by atoms with E-state index in [2.05, 4.69) is 6.92 Å². The van der Waals surface area contributed by atoms with Gasteiger partial charge in [0, 0.05) is 6.08 Å². The Hall–Kier alpha value is -2.10. The van der Waals surface area contributed by atoms with Crippen LogP contribution in [0.2, 0.25) is 0 Å². The van der Waals surface area contributed by atoms with Gasteiger partial charge in [0.1, 0.15) is 0 Å². The molecule has 0 aliphatic heterocycles. The SMILES string of the molecule is CCCCCC/C(=C\C(=O)OCC)c1cccc(C(=O)OCC)c1. The van der Waals surface area contributed by atoms with Crippen molar-refractivity contribution in [3.63, 3.8) is 0 Å². The van der Waals surface area contributed by atoms with Crippen LogP contribution in [0.1, 0.15) is 68.8 Å². The lowest BCUT2D eigenvalue weighted by Crippen LogP contribution is -2.05. The van der Waals surface area contributed by atoms with Gasteiger partial charge in [-0.2, -0.15) is 0 Å². The van der Waals surface area contributed by atoms with E-state index in [9.17, 15) is 9.59 Å². The zero-order chi connectivity index (χ0) is 17.8. The lowest BCUT2D eigenvalue weighted by molar-refractivity contribution is -0.137. The summed E-state index contributed by atoms with van der Waals surface area (Å²) in [7, 11) is 0. The summed E-state index contributed by atoms with van der Waals surface area (Å²) in [4.78, 5) is 23.8. The Morgan fingerprint density at radius 1 is 0.958 bits per heavy atom. The molecular weight excluding hydrogens is 304 g/mol. The van der Waals surface area contributed by atoms with Gasteiger partial charge in [0.2, 0.25) is 0 Å². The maximum absolute atomic E-state index is 11.9. The Kier molecular flexibility index (Phi) is 9.51. The first-order valence-corrected chi connectivity index (χ1v) is 8.77. The first-order valence-electron chi connectivity index (χ1n) is 8.77. The molecule has 4 nitrogen and oxygen atoms in total.